The summed E-state index contributed by atoms with van der Waals surface area (Å²) in [6.45, 7) is 6.14. The first-order valence-electron chi connectivity index (χ1n) is 6.15. The van der Waals surface area contributed by atoms with Crippen LogP contribution in [0.15, 0.2) is 0 Å². The average Bonchev–Trinajstić information content (AvgIpc) is 2.13. The van der Waals surface area contributed by atoms with Gasteiger partial charge < -0.3 is 4.90 Å². The number of nitrogens with two attached hydrogens (primary N) is 1. The Hall–Kier alpha value is -0.130. The molecule has 0 spiro atoms. The van der Waals surface area contributed by atoms with Crippen LogP contribution in [0.5, 0.6) is 0 Å². The molecule has 2 atom stereocenters. The first-order valence-corrected chi connectivity index (χ1v) is 7.76. The second kappa shape index (κ2) is 4.27. The number of fused-ring (bicyclic) bond motifs is 2. The summed E-state index contributed by atoms with van der Waals surface area (Å²) in [6.07, 6.45) is 3.19. The molecule has 94 valence electrons. The van der Waals surface area contributed by atoms with Crippen LogP contribution in [-0.4, -0.2) is 37.7 Å². The van der Waals surface area contributed by atoms with E-state index in [-0.39, 0.29) is 17.1 Å². The Bertz CT molecular complexity index is 339. The quantitative estimate of drug-likeness (QED) is 0.783. The van der Waals surface area contributed by atoms with E-state index in [1.54, 1.807) is 0 Å². The second-order valence-corrected chi connectivity index (χ2v) is 7.27. The Kier molecular flexibility index (Phi) is 3.29. The Balaban J connectivity index is 2.20. The molecule has 0 radical (unpaired) electrons. The molecule has 4 nitrogen and oxygen atoms in total. The number of piperidine rings is 1. The molecule has 1 saturated heterocycles. The largest absolute Gasteiger partial charge is 0.300 e. The van der Waals surface area contributed by atoms with E-state index in [4.69, 9.17) is 5.14 Å². The number of likely N-dealkylation sites (tertiary alicyclic amines) is 1. The third kappa shape index (κ3) is 2.26. The van der Waals surface area contributed by atoms with Crippen molar-refractivity contribution in [3.8, 4) is 0 Å². The molecule has 2 rings (SSSR count). The van der Waals surface area contributed by atoms with Crippen LogP contribution >= 0.6 is 0 Å². The van der Waals surface area contributed by atoms with Crippen molar-refractivity contribution in [3.05, 3.63) is 0 Å². The monoisotopic (exact) mass is 246 g/mol. The van der Waals surface area contributed by atoms with Crippen LogP contribution < -0.4 is 5.14 Å². The Morgan fingerprint density at radius 2 is 1.69 bits per heavy atom. The SMILES string of the molecule is CC(C)N1CC2CCCC(C1)C2S(N)(=O)=O. The van der Waals surface area contributed by atoms with Crippen molar-refractivity contribution in [2.45, 2.75) is 44.4 Å². The predicted octanol–water partition coefficient (Wildman–Crippen LogP) is 0.784. The molecule has 1 saturated carbocycles. The van der Waals surface area contributed by atoms with Crippen molar-refractivity contribution < 1.29 is 8.42 Å². The van der Waals surface area contributed by atoms with Crippen LogP contribution in [0.4, 0.5) is 0 Å². The van der Waals surface area contributed by atoms with Gasteiger partial charge in [0.15, 0.2) is 0 Å². The zero-order valence-corrected chi connectivity index (χ0v) is 10.9. The lowest BCUT2D eigenvalue weighted by atomic mass is 9.77. The molecule has 0 amide bonds. The number of rotatable bonds is 2. The van der Waals surface area contributed by atoms with Crippen molar-refractivity contribution in [1.29, 1.82) is 0 Å². The molecule has 2 fully saturated rings. The summed E-state index contributed by atoms with van der Waals surface area (Å²) in [5.41, 5.74) is 0. The summed E-state index contributed by atoms with van der Waals surface area (Å²) in [5, 5.41) is 5.09. The molecule has 0 aromatic heterocycles. The van der Waals surface area contributed by atoms with E-state index in [9.17, 15) is 8.42 Å². The molecule has 1 aliphatic carbocycles. The predicted molar refractivity (Wildman–Crippen MR) is 64.4 cm³/mol. The molecule has 0 aromatic carbocycles. The lowest BCUT2D eigenvalue weighted by Crippen LogP contribution is -2.57. The summed E-state index contributed by atoms with van der Waals surface area (Å²) >= 11 is 0. The summed E-state index contributed by atoms with van der Waals surface area (Å²) < 4.78 is 23.3. The summed E-state index contributed by atoms with van der Waals surface area (Å²) in [7, 11) is -3.36. The number of sulfonamides is 1. The third-order valence-corrected chi connectivity index (χ3v) is 5.66. The molecule has 2 aliphatic rings. The lowest BCUT2D eigenvalue weighted by molar-refractivity contribution is 0.0675. The van der Waals surface area contributed by atoms with E-state index >= 15 is 0 Å². The maximum atomic E-state index is 11.6. The standard InChI is InChI=1S/C11H22N2O2S/c1-8(2)13-6-9-4-3-5-10(7-13)11(9)16(12,14)15/h8-11H,3-7H2,1-2H3,(H2,12,14,15). The van der Waals surface area contributed by atoms with Gasteiger partial charge in [-0.15, -0.1) is 0 Å². The van der Waals surface area contributed by atoms with E-state index < -0.39 is 10.0 Å². The first kappa shape index (κ1) is 12.3. The van der Waals surface area contributed by atoms with Crippen molar-refractivity contribution in [3.63, 3.8) is 0 Å². The van der Waals surface area contributed by atoms with Gasteiger partial charge in [-0.2, -0.15) is 0 Å². The van der Waals surface area contributed by atoms with Crippen LogP contribution in [0, 0.1) is 11.8 Å². The van der Waals surface area contributed by atoms with Gasteiger partial charge in [-0.1, -0.05) is 6.42 Å². The van der Waals surface area contributed by atoms with Gasteiger partial charge in [0.05, 0.1) is 5.25 Å². The van der Waals surface area contributed by atoms with E-state index in [0.29, 0.717) is 6.04 Å². The van der Waals surface area contributed by atoms with E-state index in [1.165, 1.54) is 0 Å². The Labute approximate surface area is 98.2 Å². The van der Waals surface area contributed by atoms with E-state index in [0.717, 1.165) is 32.4 Å². The summed E-state index contributed by atoms with van der Waals surface area (Å²) in [6, 6.07) is 0.504. The molecule has 1 aliphatic heterocycles. The van der Waals surface area contributed by atoms with Gasteiger partial charge in [0.2, 0.25) is 10.0 Å². The van der Waals surface area contributed by atoms with Crippen LogP contribution in [0.2, 0.25) is 0 Å². The van der Waals surface area contributed by atoms with Crippen molar-refractivity contribution in [2.24, 2.45) is 17.0 Å². The second-order valence-electron chi connectivity index (χ2n) is 5.55. The highest BCUT2D eigenvalue weighted by Crippen LogP contribution is 2.38. The topological polar surface area (TPSA) is 63.4 Å². The molecule has 16 heavy (non-hydrogen) atoms. The van der Waals surface area contributed by atoms with Crippen molar-refractivity contribution in [2.75, 3.05) is 13.1 Å². The van der Waals surface area contributed by atoms with Crippen LogP contribution in [0.1, 0.15) is 33.1 Å². The molecule has 2 bridgehead atoms. The number of nitrogens with zero attached hydrogens (tertiary/aromatic N) is 1. The van der Waals surface area contributed by atoms with Crippen molar-refractivity contribution >= 4 is 10.0 Å². The fraction of sp³-hybridized carbons (Fsp3) is 1.00. The van der Waals surface area contributed by atoms with Gasteiger partial charge >= 0.3 is 0 Å². The van der Waals surface area contributed by atoms with Gasteiger partial charge in [0.1, 0.15) is 0 Å². The number of hydrogen-bond acceptors (Lipinski definition) is 3. The highest BCUT2D eigenvalue weighted by Gasteiger charge is 2.45. The van der Waals surface area contributed by atoms with Gasteiger partial charge in [-0.05, 0) is 38.5 Å². The molecule has 5 heteroatoms. The molecule has 2 unspecified atom stereocenters. The van der Waals surface area contributed by atoms with Gasteiger partial charge in [0.25, 0.3) is 0 Å². The Morgan fingerprint density at radius 3 is 2.06 bits per heavy atom. The van der Waals surface area contributed by atoms with Crippen molar-refractivity contribution in [1.82, 2.24) is 4.90 Å². The summed E-state index contributed by atoms with van der Waals surface area (Å²) in [4.78, 5) is 2.40. The minimum absolute atomic E-state index is 0.255. The molecular formula is C11H22N2O2S. The van der Waals surface area contributed by atoms with Gasteiger partial charge in [0, 0.05) is 19.1 Å². The van der Waals surface area contributed by atoms with E-state index in [1.807, 2.05) is 0 Å². The maximum absolute atomic E-state index is 11.6. The van der Waals surface area contributed by atoms with Crippen LogP contribution in [0.25, 0.3) is 0 Å². The molecule has 0 aromatic rings. The first-order chi connectivity index (χ1) is 7.39. The molecule has 2 N–H and O–H groups in total. The highest BCUT2D eigenvalue weighted by molar-refractivity contribution is 7.89. The fourth-order valence-electron chi connectivity index (χ4n) is 3.38. The third-order valence-electron chi connectivity index (χ3n) is 4.13. The number of primary sulfonamides is 1. The molecule has 1 heterocycles. The summed E-state index contributed by atoms with van der Waals surface area (Å²) in [5.74, 6) is 0.509. The van der Waals surface area contributed by atoms with Gasteiger partial charge in [-0.25, -0.2) is 13.6 Å². The molecular weight excluding hydrogens is 224 g/mol. The zero-order chi connectivity index (χ0) is 11.9. The zero-order valence-electron chi connectivity index (χ0n) is 10.1. The normalized spacial score (nSPS) is 36.6. The fourth-order valence-corrected chi connectivity index (χ4v) is 4.90. The number of hydrogen-bond donors (Lipinski definition) is 1. The van der Waals surface area contributed by atoms with E-state index in [2.05, 4.69) is 18.7 Å². The van der Waals surface area contributed by atoms with Gasteiger partial charge in [-0.3, -0.25) is 0 Å². The highest BCUT2D eigenvalue weighted by atomic mass is 32.2. The minimum atomic E-state index is -3.36. The maximum Gasteiger partial charge on any atom is 0.212 e. The average molecular weight is 246 g/mol. The minimum Gasteiger partial charge on any atom is -0.300 e. The van der Waals surface area contributed by atoms with Crippen LogP contribution in [-0.2, 0) is 10.0 Å². The van der Waals surface area contributed by atoms with Crippen LogP contribution in [0.3, 0.4) is 0 Å². The smallest absolute Gasteiger partial charge is 0.212 e. The Morgan fingerprint density at radius 1 is 1.19 bits per heavy atom. The lowest BCUT2D eigenvalue weighted by Gasteiger charge is -2.47.